The van der Waals surface area contributed by atoms with E-state index in [1.165, 1.54) is 18.0 Å². The minimum atomic E-state index is -0.295. The number of hydrazone groups is 1. The number of amides is 1. The molecule has 8 heteroatoms. The molecule has 1 heterocycles. The van der Waals surface area contributed by atoms with Gasteiger partial charge in [-0.1, -0.05) is 89.6 Å². The Kier molecular flexibility index (Phi) is 7.00. The monoisotopic (exact) mass is 507 g/mol. The molecule has 5 aromatic rings. The molecule has 0 saturated heterocycles. The maximum atomic E-state index is 12.6. The lowest BCUT2D eigenvalue weighted by atomic mass is 10.0. The van der Waals surface area contributed by atoms with Crippen molar-refractivity contribution < 1.29 is 9.90 Å². The van der Waals surface area contributed by atoms with E-state index in [9.17, 15) is 9.90 Å². The van der Waals surface area contributed by atoms with Crippen LogP contribution in [0.25, 0.3) is 27.8 Å². The summed E-state index contributed by atoms with van der Waals surface area (Å²) in [6, 6.07) is 27.3. The summed E-state index contributed by atoms with van der Waals surface area (Å²) in [6.07, 6.45) is 1.46. The summed E-state index contributed by atoms with van der Waals surface area (Å²) in [6.45, 7) is 4.08. The Morgan fingerprint density at radius 1 is 0.946 bits per heavy atom. The Hall–Kier alpha value is -4.43. The molecular weight excluding hydrogens is 482 g/mol. The third kappa shape index (κ3) is 5.39. The van der Waals surface area contributed by atoms with Crippen molar-refractivity contribution >= 4 is 34.7 Å². The zero-order valence-corrected chi connectivity index (χ0v) is 21.2. The number of carbonyl (C=O) groups is 1. The summed E-state index contributed by atoms with van der Waals surface area (Å²) in [5.41, 5.74) is 7.26. The van der Waals surface area contributed by atoms with Crippen LogP contribution in [0, 0.1) is 13.8 Å². The highest BCUT2D eigenvalue weighted by molar-refractivity contribution is 7.99. The number of benzene rings is 4. The van der Waals surface area contributed by atoms with Crippen molar-refractivity contribution in [1.82, 2.24) is 20.2 Å². The zero-order chi connectivity index (χ0) is 25.8. The first kappa shape index (κ1) is 24.3. The maximum Gasteiger partial charge on any atom is 0.250 e. The number of phenolic OH excluding ortho intramolecular Hbond substituents is 1. The quantitative estimate of drug-likeness (QED) is 0.169. The molecule has 0 saturated carbocycles. The van der Waals surface area contributed by atoms with E-state index in [2.05, 4.69) is 20.7 Å². The van der Waals surface area contributed by atoms with E-state index in [1.54, 1.807) is 6.07 Å². The zero-order valence-electron chi connectivity index (χ0n) is 20.4. The number of aromatic hydroxyl groups is 1. The Morgan fingerprint density at radius 3 is 2.41 bits per heavy atom. The molecule has 0 radical (unpaired) electrons. The topological polar surface area (TPSA) is 92.4 Å². The van der Waals surface area contributed by atoms with Gasteiger partial charge in [0.05, 0.1) is 12.0 Å². The van der Waals surface area contributed by atoms with Crippen molar-refractivity contribution in [2.75, 3.05) is 5.75 Å². The van der Waals surface area contributed by atoms with Crippen molar-refractivity contribution in [2.45, 2.75) is 19.0 Å². The molecule has 37 heavy (non-hydrogen) atoms. The molecule has 7 nitrogen and oxygen atoms in total. The van der Waals surface area contributed by atoms with Gasteiger partial charge >= 0.3 is 0 Å². The molecule has 0 aliphatic rings. The molecular formula is C29H25N5O2S. The van der Waals surface area contributed by atoms with Crippen LogP contribution < -0.4 is 5.43 Å². The molecule has 0 aliphatic carbocycles. The number of phenols is 1. The molecule has 0 bridgehead atoms. The van der Waals surface area contributed by atoms with Crippen LogP contribution in [-0.2, 0) is 4.79 Å². The first-order valence-electron chi connectivity index (χ1n) is 11.7. The molecule has 5 rings (SSSR count). The molecule has 1 amide bonds. The number of thioether (sulfide) groups is 1. The number of nitrogens with one attached hydrogen (secondary N) is 1. The lowest BCUT2D eigenvalue weighted by molar-refractivity contribution is -0.118. The van der Waals surface area contributed by atoms with Crippen LogP contribution in [0.1, 0.15) is 16.7 Å². The van der Waals surface area contributed by atoms with Gasteiger partial charge in [0.15, 0.2) is 11.0 Å². The SMILES string of the molecule is Cc1ccc(-c2nnc(SCC(=O)N/N=C\c3c(O)ccc4ccccc34)n2-c2ccc(C)cc2)cc1. The summed E-state index contributed by atoms with van der Waals surface area (Å²) < 4.78 is 1.96. The van der Waals surface area contributed by atoms with E-state index in [1.807, 2.05) is 97.3 Å². The fraction of sp³-hybridized carbons (Fsp3) is 0.103. The Balaban J connectivity index is 1.34. The second kappa shape index (κ2) is 10.7. The lowest BCUT2D eigenvalue weighted by Crippen LogP contribution is -2.20. The van der Waals surface area contributed by atoms with Crippen LogP contribution in [0.4, 0.5) is 0 Å². The van der Waals surface area contributed by atoms with Gasteiger partial charge in [0.1, 0.15) is 5.75 Å². The minimum Gasteiger partial charge on any atom is -0.507 e. The normalized spacial score (nSPS) is 11.3. The molecule has 184 valence electrons. The Labute approximate surface area is 218 Å². The van der Waals surface area contributed by atoms with Crippen LogP contribution >= 0.6 is 11.8 Å². The maximum absolute atomic E-state index is 12.6. The van der Waals surface area contributed by atoms with Gasteiger partial charge < -0.3 is 5.11 Å². The van der Waals surface area contributed by atoms with Crippen molar-refractivity contribution in [1.29, 1.82) is 0 Å². The van der Waals surface area contributed by atoms with Gasteiger partial charge in [0, 0.05) is 16.8 Å². The van der Waals surface area contributed by atoms with Gasteiger partial charge in [0.2, 0.25) is 0 Å². The number of aromatic nitrogens is 3. The van der Waals surface area contributed by atoms with Crippen LogP contribution in [0.5, 0.6) is 5.75 Å². The van der Waals surface area contributed by atoms with Gasteiger partial charge in [-0.2, -0.15) is 5.10 Å². The first-order valence-corrected chi connectivity index (χ1v) is 12.7. The molecule has 0 spiro atoms. The molecule has 0 atom stereocenters. The number of aryl methyl sites for hydroxylation is 2. The van der Waals surface area contributed by atoms with E-state index in [0.717, 1.165) is 33.2 Å². The van der Waals surface area contributed by atoms with Crippen molar-refractivity contribution in [3.63, 3.8) is 0 Å². The number of hydrogen-bond donors (Lipinski definition) is 2. The number of nitrogens with zero attached hydrogens (tertiary/aromatic N) is 4. The summed E-state index contributed by atoms with van der Waals surface area (Å²) in [7, 11) is 0. The number of carbonyl (C=O) groups excluding carboxylic acids is 1. The summed E-state index contributed by atoms with van der Waals surface area (Å²) in [4.78, 5) is 12.6. The third-order valence-electron chi connectivity index (χ3n) is 5.90. The first-order chi connectivity index (χ1) is 18.0. The molecule has 4 aromatic carbocycles. The summed E-state index contributed by atoms with van der Waals surface area (Å²) in [5.74, 6) is 0.602. The number of fused-ring (bicyclic) bond motifs is 1. The highest BCUT2D eigenvalue weighted by atomic mass is 32.2. The van der Waals surface area contributed by atoms with E-state index in [0.29, 0.717) is 16.5 Å². The summed E-state index contributed by atoms with van der Waals surface area (Å²) in [5, 5.41) is 25.6. The fourth-order valence-corrected chi connectivity index (χ4v) is 4.67. The fourth-order valence-electron chi connectivity index (χ4n) is 3.93. The van der Waals surface area contributed by atoms with Gasteiger partial charge in [-0.3, -0.25) is 9.36 Å². The predicted molar refractivity (Wildman–Crippen MR) is 148 cm³/mol. The van der Waals surface area contributed by atoms with Crippen molar-refractivity contribution in [3.8, 4) is 22.8 Å². The van der Waals surface area contributed by atoms with Crippen LogP contribution in [-0.4, -0.2) is 37.7 Å². The number of rotatable bonds is 7. The van der Waals surface area contributed by atoms with Crippen LogP contribution in [0.3, 0.4) is 0 Å². The molecule has 0 aliphatic heterocycles. The van der Waals surface area contributed by atoms with Crippen LogP contribution in [0.15, 0.2) is 95.2 Å². The standard InChI is InChI=1S/C29H25N5O2S/c1-19-7-11-22(12-8-19)28-32-33-29(34(28)23-14-9-20(2)10-15-23)37-18-27(36)31-30-17-25-24-6-4-3-5-21(24)13-16-26(25)35/h3-17,35H,18H2,1-2H3,(H,31,36)/b30-17-. The molecule has 0 unspecified atom stereocenters. The molecule has 2 N–H and O–H groups in total. The smallest absolute Gasteiger partial charge is 0.250 e. The highest BCUT2D eigenvalue weighted by Gasteiger charge is 2.17. The lowest BCUT2D eigenvalue weighted by Gasteiger charge is -2.11. The summed E-state index contributed by atoms with van der Waals surface area (Å²) >= 11 is 1.28. The Bertz CT molecular complexity index is 1590. The minimum absolute atomic E-state index is 0.0940. The number of hydrogen-bond acceptors (Lipinski definition) is 6. The second-order valence-corrected chi connectivity index (χ2v) is 9.59. The average Bonchev–Trinajstić information content (AvgIpc) is 3.33. The van der Waals surface area contributed by atoms with Gasteiger partial charge in [0.25, 0.3) is 5.91 Å². The van der Waals surface area contributed by atoms with E-state index in [4.69, 9.17) is 0 Å². The molecule has 1 aromatic heterocycles. The van der Waals surface area contributed by atoms with Gasteiger partial charge in [-0.15, -0.1) is 10.2 Å². The van der Waals surface area contributed by atoms with E-state index < -0.39 is 0 Å². The molecule has 0 fully saturated rings. The predicted octanol–water partition coefficient (Wildman–Crippen LogP) is 5.65. The highest BCUT2D eigenvalue weighted by Crippen LogP contribution is 2.29. The largest absolute Gasteiger partial charge is 0.507 e. The Morgan fingerprint density at radius 2 is 1.65 bits per heavy atom. The van der Waals surface area contributed by atoms with E-state index >= 15 is 0 Å². The van der Waals surface area contributed by atoms with Gasteiger partial charge in [-0.05, 0) is 42.8 Å². The van der Waals surface area contributed by atoms with Crippen molar-refractivity contribution in [2.24, 2.45) is 5.10 Å². The third-order valence-corrected chi connectivity index (χ3v) is 6.83. The van der Waals surface area contributed by atoms with Crippen molar-refractivity contribution in [3.05, 3.63) is 102 Å². The average molecular weight is 508 g/mol. The second-order valence-electron chi connectivity index (χ2n) is 8.64. The van der Waals surface area contributed by atoms with Crippen LogP contribution in [0.2, 0.25) is 0 Å². The van der Waals surface area contributed by atoms with Gasteiger partial charge in [-0.25, -0.2) is 5.43 Å². The van der Waals surface area contributed by atoms with E-state index in [-0.39, 0.29) is 17.4 Å².